The number of amides is 2. The van der Waals surface area contributed by atoms with Crippen LogP contribution in [0.15, 0.2) is 77.0 Å². The highest BCUT2D eigenvalue weighted by Gasteiger charge is 2.36. The summed E-state index contributed by atoms with van der Waals surface area (Å²) in [5.41, 5.74) is 6.15. The fourth-order valence-electron chi connectivity index (χ4n) is 4.41. The average molecular weight is 499 g/mol. The van der Waals surface area contributed by atoms with E-state index < -0.39 is 6.04 Å². The van der Waals surface area contributed by atoms with Gasteiger partial charge in [0.1, 0.15) is 11.6 Å². The highest BCUT2D eigenvalue weighted by atomic mass is 19.1. The van der Waals surface area contributed by atoms with E-state index in [0.717, 1.165) is 33.6 Å². The highest BCUT2D eigenvalue weighted by molar-refractivity contribution is 5.87. The Hall–Kier alpha value is -4.46. The lowest BCUT2D eigenvalue weighted by Crippen LogP contribution is -2.45. The van der Waals surface area contributed by atoms with E-state index in [-0.39, 0.29) is 18.4 Å². The SMILES string of the molecule is COc1ccc(-c2noc(C3=C(C)N(Cc4ccc(F)cc4)C(=O)NC3c3ccc(C)c(C)c3)n2)cc1. The second-order valence-corrected chi connectivity index (χ2v) is 9.09. The lowest BCUT2D eigenvalue weighted by Gasteiger charge is -2.35. The van der Waals surface area contributed by atoms with Gasteiger partial charge in [0.25, 0.3) is 5.89 Å². The minimum atomic E-state index is -0.486. The van der Waals surface area contributed by atoms with Crippen LogP contribution in [0.2, 0.25) is 0 Å². The van der Waals surface area contributed by atoms with Crippen LogP contribution in [0.5, 0.6) is 5.75 Å². The Labute approximate surface area is 214 Å². The molecule has 7 nitrogen and oxygen atoms in total. The first-order valence-corrected chi connectivity index (χ1v) is 11.9. The summed E-state index contributed by atoms with van der Waals surface area (Å²) in [6.45, 7) is 6.21. The number of aryl methyl sites for hydroxylation is 2. The number of hydrogen-bond acceptors (Lipinski definition) is 5. The van der Waals surface area contributed by atoms with E-state index in [9.17, 15) is 9.18 Å². The van der Waals surface area contributed by atoms with Crippen molar-refractivity contribution >= 4 is 11.6 Å². The molecule has 0 spiro atoms. The fourth-order valence-corrected chi connectivity index (χ4v) is 4.41. The van der Waals surface area contributed by atoms with Gasteiger partial charge in [-0.3, -0.25) is 4.90 Å². The summed E-state index contributed by atoms with van der Waals surface area (Å²) in [6.07, 6.45) is 0. The molecule has 0 bridgehead atoms. The number of methoxy groups -OCH3 is 1. The minimum absolute atomic E-state index is 0.260. The van der Waals surface area contributed by atoms with Crippen LogP contribution in [0, 0.1) is 19.7 Å². The zero-order valence-corrected chi connectivity index (χ0v) is 21.1. The second kappa shape index (κ2) is 9.89. The molecule has 1 aromatic heterocycles. The molecule has 1 aliphatic rings. The van der Waals surface area contributed by atoms with Crippen molar-refractivity contribution < 1.29 is 18.4 Å². The number of halogens is 1. The summed E-state index contributed by atoms with van der Waals surface area (Å²) in [5.74, 6) is 1.15. The summed E-state index contributed by atoms with van der Waals surface area (Å²) in [6, 6.07) is 18.8. The van der Waals surface area contributed by atoms with Crippen LogP contribution >= 0.6 is 0 Å². The van der Waals surface area contributed by atoms with Gasteiger partial charge >= 0.3 is 6.03 Å². The van der Waals surface area contributed by atoms with E-state index in [1.807, 2.05) is 57.2 Å². The summed E-state index contributed by atoms with van der Waals surface area (Å²) < 4.78 is 24.5. The van der Waals surface area contributed by atoms with Gasteiger partial charge in [0.05, 0.1) is 25.3 Å². The standard InChI is InChI=1S/C29H27FN4O3/c1-17-5-8-22(15-18(17)2)26-25(28-32-27(33-37-28)21-9-13-24(36-4)14-10-21)19(3)34(29(35)31-26)16-20-6-11-23(30)12-7-20/h5-15,26H,16H2,1-4H3,(H,31,35). The monoisotopic (exact) mass is 498 g/mol. The molecule has 0 radical (unpaired) electrons. The van der Waals surface area contributed by atoms with Gasteiger partial charge in [-0.15, -0.1) is 0 Å². The molecular weight excluding hydrogens is 471 g/mol. The lowest BCUT2D eigenvalue weighted by atomic mass is 9.92. The molecule has 188 valence electrons. The number of carbonyl (C=O) groups excluding carboxylic acids is 1. The summed E-state index contributed by atoms with van der Waals surface area (Å²) in [7, 11) is 1.61. The normalized spacial score (nSPS) is 15.6. The maximum atomic E-state index is 13.4. The van der Waals surface area contributed by atoms with Crippen molar-refractivity contribution in [2.24, 2.45) is 0 Å². The van der Waals surface area contributed by atoms with Crippen molar-refractivity contribution in [2.75, 3.05) is 7.11 Å². The Morgan fingerprint density at radius 3 is 2.41 bits per heavy atom. The van der Waals surface area contributed by atoms with E-state index in [4.69, 9.17) is 14.2 Å². The molecule has 0 saturated carbocycles. The Balaban J connectivity index is 1.58. The predicted molar refractivity (Wildman–Crippen MR) is 138 cm³/mol. The predicted octanol–water partition coefficient (Wildman–Crippen LogP) is 6.20. The molecule has 2 heterocycles. The van der Waals surface area contributed by atoms with Crippen LogP contribution in [-0.2, 0) is 6.54 Å². The Kier molecular flexibility index (Phi) is 6.48. The van der Waals surface area contributed by atoms with Gasteiger partial charge in [-0.1, -0.05) is 35.5 Å². The third kappa shape index (κ3) is 4.82. The zero-order chi connectivity index (χ0) is 26.1. The number of aromatic nitrogens is 2. The Bertz CT molecular complexity index is 1480. The number of carbonyl (C=O) groups is 1. The molecule has 1 atom stereocenters. The molecule has 2 amide bonds. The molecule has 37 heavy (non-hydrogen) atoms. The minimum Gasteiger partial charge on any atom is -0.497 e. The third-order valence-corrected chi connectivity index (χ3v) is 6.72. The van der Waals surface area contributed by atoms with Gasteiger partial charge in [0.15, 0.2) is 0 Å². The molecule has 1 unspecified atom stereocenters. The number of allylic oxidation sites excluding steroid dienone is 1. The average Bonchev–Trinajstić information content (AvgIpc) is 3.38. The number of benzene rings is 3. The molecule has 3 aromatic carbocycles. The van der Waals surface area contributed by atoms with Crippen molar-refractivity contribution in [3.8, 4) is 17.1 Å². The number of ether oxygens (including phenoxy) is 1. The second-order valence-electron chi connectivity index (χ2n) is 9.09. The number of nitrogens with zero attached hydrogens (tertiary/aromatic N) is 3. The van der Waals surface area contributed by atoms with Gasteiger partial charge < -0.3 is 14.6 Å². The number of urea groups is 1. The van der Waals surface area contributed by atoms with Gasteiger partial charge in [0.2, 0.25) is 5.82 Å². The molecule has 1 N–H and O–H groups in total. The van der Waals surface area contributed by atoms with E-state index in [2.05, 4.69) is 16.5 Å². The largest absolute Gasteiger partial charge is 0.497 e. The van der Waals surface area contributed by atoms with Crippen LogP contribution in [0.25, 0.3) is 17.0 Å². The summed E-state index contributed by atoms with van der Waals surface area (Å²) in [5, 5.41) is 7.33. The molecule has 0 fully saturated rings. The van der Waals surface area contributed by atoms with Gasteiger partial charge in [-0.2, -0.15) is 4.98 Å². The first-order chi connectivity index (χ1) is 17.8. The van der Waals surface area contributed by atoms with Gasteiger partial charge in [-0.25, -0.2) is 9.18 Å². The van der Waals surface area contributed by atoms with Crippen molar-refractivity contribution in [3.63, 3.8) is 0 Å². The van der Waals surface area contributed by atoms with E-state index in [1.165, 1.54) is 12.1 Å². The quantitative estimate of drug-likeness (QED) is 0.342. The van der Waals surface area contributed by atoms with E-state index in [1.54, 1.807) is 24.1 Å². The summed E-state index contributed by atoms with van der Waals surface area (Å²) in [4.78, 5) is 19.6. The smallest absolute Gasteiger partial charge is 0.322 e. The fraction of sp³-hybridized carbons (Fsp3) is 0.207. The molecule has 1 aliphatic heterocycles. The van der Waals surface area contributed by atoms with Gasteiger partial charge in [0, 0.05) is 11.3 Å². The van der Waals surface area contributed by atoms with Gasteiger partial charge in [-0.05, 0) is 79.4 Å². The van der Waals surface area contributed by atoms with E-state index in [0.29, 0.717) is 23.0 Å². The number of hydrogen-bond donors (Lipinski definition) is 1. The molecule has 4 aromatic rings. The first-order valence-electron chi connectivity index (χ1n) is 11.9. The first kappa shape index (κ1) is 24.2. The maximum absolute atomic E-state index is 13.4. The number of rotatable bonds is 6. The van der Waals surface area contributed by atoms with Crippen molar-refractivity contribution in [1.29, 1.82) is 0 Å². The van der Waals surface area contributed by atoms with E-state index >= 15 is 0 Å². The van der Waals surface area contributed by atoms with Crippen molar-refractivity contribution in [3.05, 3.63) is 106 Å². The van der Waals surface area contributed by atoms with Crippen LogP contribution in [0.3, 0.4) is 0 Å². The van der Waals surface area contributed by atoms with Crippen LogP contribution in [0.4, 0.5) is 9.18 Å². The van der Waals surface area contributed by atoms with Crippen LogP contribution < -0.4 is 10.1 Å². The number of nitrogens with one attached hydrogen (secondary N) is 1. The molecular formula is C29H27FN4O3. The topological polar surface area (TPSA) is 80.5 Å². The van der Waals surface area contributed by atoms with Crippen LogP contribution in [0.1, 0.15) is 41.1 Å². The lowest BCUT2D eigenvalue weighted by molar-refractivity contribution is 0.203. The molecule has 8 heteroatoms. The summed E-state index contributed by atoms with van der Waals surface area (Å²) >= 11 is 0. The van der Waals surface area contributed by atoms with Crippen molar-refractivity contribution in [2.45, 2.75) is 33.4 Å². The third-order valence-electron chi connectivity index (χ3n) is 6.72. The Morgan fingerprint density at radius 2 is 1.73 bits per heavy atom. The van der Waals surface area contributed by atoms with Crippen LogP contribution in [-0.4, -0.2) is 28.2 Å². The van der Waals surface area contributed by atoms with Crippen molar-refractivity contribution in [1.82, 2.24) is 20.4 Å². The zero-order valence-electron chi connectivity index (χ0n) is 21.1. The molecule has 5 rings (SSSR count). The molecule has 0 aliphatic carbocycles. The Morgan fingerprint density at radius 1 is 1.00 bits per heavy atom. The maximum Gasteiger partial charge on any atom is 0.322 e. The molecule has 0 saturated heterocycles. The highest BCUT2D eigenvalue weighted by Crippen LogP contribution is 2.38.